The van der Waals surface area contributed by atoms with Crippen LogP contribution in [0.1, 0.15) is 69.7 Å². The minimum Gasteiger partial charge on any atom is -0.349 e. The van der Waals surface area contributed by atoms with Crippen molar-refractivity contribution in [1.82, 2.24) is 20.0 Å². The molecular formula is C19H32N4O2. The Morgan fingerprint density at radius 3 is 2.48 bits per heavy atom. The van der Waals surface area contributed by atoms with Gasteiger partial charge in [0.2, 0.25) is 5.91 Å². The van der Waals surface area contributed by atoms with E-state index in [4.69, 9.17) is 0 Å². The predicted octanol–water partition coefficient (Wildman–Crippen LogP) is 2.75. The summed E-state index contributed by atoms with van der Waals surface area (Å²) in [6.07, 6.45) is 8.79. The van der Waals surface area contributed by atoms with E-state index in [1.165, 1.54) is 0 Å². The molecule has 0 aromatic carbocycles. The average molecular weight is 348 g/mol. The van der Waals surface area contributed by atoms with Crippen molar-refractivity contribution < 1.29 is 9.59 Å². The number of hydrogen-bond acceptors (Lipinski definition) is 3. The molecule has 140 valence electrons. The Labute approximate surface area is 151 Å². The van der Waals surface area contributed by atoms with Crippen molar-refractivity contribution in [3.63, 3.8) is 0 Å². The Balaban J connectivity index is 1.67. The number of likely N-dealkylation sites (tertiary alicyclic amines) is 1. The van der Waals surface area contributed by atoms with Gasteiger partial charge in [0.15, 0.2) is 0 Å². The van der Waals surface area contributed by atoms with Gasteiger partial charge in [0.25, 0.3) is 5.91 Å². The molecule has 1 N–H and O–H groups in total. The van der Waals surface area contributed by atoms with E-state index in [0.29, 0.717) is 17.4 Å². The number of carbonyl (C=O) groups excluding carboxylic acids is 2. The molecule has 0 unspecified atom stereocenters. The summed E-state index contributed by atoms with van der Waals surface area (Å²) in [6, 6.07) is 0.137. The highest BCUT2D eigenvalue weighted by molar-refractivity contribution is 5.93. The standard InChI is InChI=1S/C19H32N4O2/c1-19(2,3)10-6-5-7-17(24)23-11-8-16(9-12-23)21-18(25)15-13-20-22(4)14-15/h13-14,16H,5-12H2,1-4H3,(H,21,25). The summed E-state index contributed by atoms with van der Waals surface area (Å²) < 4.78 is 1.62. The molecule has 0 saturated carbocycles. The minimum atomic E-state index is -0.0833. The van der Waals surface area contributed by atoms with Gasteiger partial charge >= 0.3 is 0 Å². The van der Waals surface area contributed by atoms with E-state index in [1.54, 1.807) is 24.1 Å². The molecule has 0 radical (unpaired) electrons. The third-order valence-corrected chi connectivity index (χ3v) is 4.72. The van der Waals surface area contributed by atoms with Gasteiger partial charge < -0.3 is 10.2 Å². The highest BCUT2D eigenvalue weighted by Gasteiger charge is 2.24. The van der Waals surface area contributed by atoms with E-state index < -0.39 is 0 Å². The second-order valence-corrected chi connectivity index (χ2v) is 8.30. The fourth-order valence-corrected chi connectivity index (χ4v) is 3.17. The SMILES string of the molecule is Cn1cc(C(=O)NC2CCN(C(=O)CCCCC(C)(C)C)CC2)cn1. The molecule has 2 rings (SSSR count). The van der Waals surface area contributed by atoms with Gasteiger partial charge in [-0.05, 0) is 31.1 Å². The molecule has 2 heterocycles. The summed E-state index contributed by atoms with van der Waals surface area (Å²) in [5.41, 5.74) is 0.924. The molecule has 0 bridgehead atoms. The van der Waals surface area contributed by atoms with Crippen LogP contribution in [0.2, 0.25) is 0 Å². The lowest BCUT2D eigenvalue weighted by atomic mass is 9.89. The van der Waals surface area contributed by atoms with Crippen molar-refractivity contribution in [1.29, 1.82) is 0 Å². The number of nitrogens with one attached hydrogen (secondary N) is 1. The molecule has 0 atom stereocenters. The second kappa shape index (κ2) is 8.50. The monoisotopic (exact) mass is 348 g/mol. The third-order valence-electron chi connectivity index (χ3n) is 4.72. The fraction of sp³-hybridized carbons (Fsp3) is 0.737. The maximum Gasteiger partial charge on any atom is 0.254 e. The van der Waals surface area contributed by atoms with Gasteiger partial charge in [-0.3, -0.25) is 14.3 Å². The van der Waals surface area contributed by atoms with Crippen molar-refractivity contribution in [2.75, 3.05) is 13.1 Å². The number of amides is 2. The molecule has 25 heavy (non-hydrogen) atoms. The van der Waals surface area contributed by atoms with Crippen LogP contribution in [0.4, 0.5) is 0 Å². The lowest BCUT2D eigenvalue weighted by molar-refractivity contribution is -0.132. The maximum atomic E-state index is 12.3. The van der Waals surface area contributed by atoms with Gasteiger partial charge in [0.1, 0.15) is 0 Å². The van der Waals surface area contributed by atoms with Gasteiger partial charge in [-0.25, -0.2) is 0 Å². The van der Waals surface area contributed by atoms with Crippen molar-refractivity contribution in [2.24, 2.45) is 12.5 Å². The normalized spacial score (nSPS) is 16.1. The van der Waals surface area contributed by atoms with Crippen LogP contribution in [0.5, 0.6) is 0 Å². The second-order valence-electron chi connectivity index (χ2n) is 8.30. The van der Waals surface area contributed by atoms with E-state index in [9.17, 15) is 9.59 Å². The molecule has 2 amide bonds. The highest BCUT2D eigenvalue weighted by Crippen LogP contribution is 2.22. The van der Waals surface area contributed by atoms with E-state index in [0.717, 1.165) is 45.2 Å². The fourth-order valence-electron chi connectivity index (χ4n) is 3.17. The van der Waals surface area contributed by atoms with Crippen molar-refractivity contribution in [2.45, 2.75) is 65.3 Å². The zero-order valence-corrected chi connectivity index (χ0v) is 16.0. The molecule has 1 saturated heterocycles. The molecular weight excluding hydrogens is 316 g/mol. The summed E-state index contributed by atoms with van der Waals surface area (Å²) >= 11 is 0. The van der Waals surface area contributed by atoms with Gasteiger partial charge in [0, 0.05) is 38.8 Å². The first-order valence-electron chi connectivity index (χ1n) is 9.32. The number of hydrogen-bond donors (Lipinski definition) is 1. The van der Waals surface area contributed by atoms with Gasteiger partial charge in [-0.2, -0.15) is 5.10 Å². The number of nitrogens with zero attached hydrogens (tertiary/aromatic N) is 3. The number of carbonyl (C=O) groups is 2. The van der Waals surface area contributed by atoms with Gasteiger partial charge in [-0.1, -0.05) is 27.2 Å². The van der Waals surface area contributed by atoms with Crippen LogP contribution in [0, 0.1) is 5.41 Å². The number of aryl methyl sites for hydroxylation is 1. The largest absolute Gasteiger partial charge is 0.349 e. The van der Waals surface area contributed by atoms with E-state index >= 15 is 0 Å². The number of rotatable bonds is 6. The summed E-state index contributed by atoms with van der Waals surface area (Å²) in [5, 5.41) is 7.07. The number of aromatic nitrogens is 2. The van der Waals surface area contributed by atoms with Gasteiger partial charge in [-0.15, -0.1) is 0 Å². The van der Waals surface area contributed by atoms with Crippen LogP contribution < -0.4 is 5.32 Å². The topological polar surface area (TPSA) is 67.2 Å². The van der Waals surface area contributed by atoms with E-state index in [1.807, 2.05) is 4.90 Å². The minimum absolute atomic E-state index is 0.0833. The summed E-state index contributed by atoms with van der Waals surface area (Å²) in [4.78, 5) is 26.4. The van der Waals surface area contributed by atoms with Crippen molar-refractivity contribution >= 4 is 11.8 Å². The molecule has 1 aromatic heterocycles. The summed E-state index contributed by atoms with van der Waals surface area (Å²) in [5.74, 6) is 0.172. The van der Waals surface area contributed by atoms with Crippen LogP contribution in [0.15, 0.2) is 12.4 Å². The molecule has 1 fully saturated rings. The number of piperidine rings is 1. The van der Waals surface area contributed by atoms with Crippen molar-refractivity contribution in [3.8, 4) is 0 Å². The Kier molecular flexibility index (Phi) is 6.62. The molecule has 0 spiro atoms. The summed E-state index contributed by atoms with van der Waals surface area (Å²) in [6.45, 7) is 8.17. The first-order valence-corrected chi connectivity index (χ1v) is 9.32. The van der Waals surface area contributed by atoms with E-state index in [2.05, 4.69) is 31.2 Å². The lowest BCUT2D eigenvalue weighted by Gasteiger charge is -2.32. The molecule has 1 aromatic rings. The number of unbranched alkanes of at least 4 members (excludes halogenated alkanes) is 1. The zero-order valence-electron chi connectivity index (χ0n) is 16.0. The predicted molar refractivity (Wildman–Crippen MR) is 98.2 cm³/mol. The van der Waals surface area contributed by atoms with E-state index in [-0.39, 0.29) is 17.9 Å². The third kappa shape index (κ3) is 6.52. The molecule has 1 aliphatic rings. The van der Waals surface area contributed by atoms with Crippen LogP contribution >= 0.6 is 0 Å². The maximum absolute atomic E-state index is 12.3. The Morgan fingerprint density at radius 1 is 1.24 bits per heavy atom. The molecule has 6 heteroatoms. The first kappa shape index (κ1) is 19.5. The average Bonchev–Trinajstić information content (AvgIpc) is 2.98. The van der Waals surface area contributed by atoms with Crippen LogP contribution in [0.3, 0.4) is 0 Å². The first-order chi connectivity index (χ1) is 11.7. The Morgan fingerprint density at radius 2 is 1.92 bits per heavy atom. The smallest absolute Gasteiger partial charge is 0.254 e. The van der Waals surface area contributed by atoms with Crippen molar-refractivity contribution in [3.05, 3.63) is 18.0 Å². The quantitative estimate of drug-likeness (QED) is 0.804. The van der Waals surface area contributed by atoms with Gasteiger partial charge in [0.05, 0.1) is 11.8 Å². The zero-order chi connectivity index (χ0) is 18.4. The Hall–Kier alpha value is -1.85. The molecule has 1 aliphatic heterocycles. The van der Waals surface area contributed by atoms with Crippen LogP contribution in [-0.4, -0.2) is 45.6 Å². The van der Waals surface area contributed by atoms with Crippen LogP contribution in [0.25, 0.3) is 0 Å². The Bertz CT molecular complexity index is 580. The summed E-state index contributed by atoms with van der Waals surface area (Å²) in [7, 11) is 1.79. The lowest BCUT2D eigenvalue weighted by Crippen LogP contribution is -2.46. The molecule has 6 nitrogen and oxygen atoms in total. The molecule has 0 aliphatic carbocycles. The van der Waals surface area contributed by atoms with Crippen LogP contribution in [-0.2, 0) is 11.8 Å². The highest BCUT2D eigenvalue weighted by atomic mass is 16.2.